The maximum Gasteiger partial charge on any atom is 0.0172 e. The van der Waals surface area contributed by atoms with Gasteiger partial charge in [0, 0.05) is 43.2 Å². The summed E-state index contributed by atoms with van der Waals surface area (Å²) in [7, 11) is 0. The maximum atomic E-state index is 3.73. The second-order valence-electron chi connectivity index (χ2n) is 6.46. The van der Waals surface area contributed by atoms with E-state index in [1.807, 2.05) is 0 Å². The third-order valence-electron chi connectivity index (χ3n) is 4.53. The molecule has 1 saturated heterocycles. The van der Waals surface area contributed by atoms with Crippen molar-refractivity contribution in [2.75, 3.05) is 31.9 Å². The van der Waals surface area contributed by atoms with Crippen LogP contribution in [0.1, 0.15) is 46.5 Å². The molecule has 2 unspecified atom stereocenters. The largest absolute Gasteiger partial charge is 0.313 e. The van der Waals surface area contributed by atoms with Crippen molar-refractivity contribution < 1.29 is 0 Å². The van der Waals surface area contributed by atoms with Gasteiger partial charge in [-0.3, -0.25) is 0 Å². The minimum atomic E-state index is 0.461. The molecule has 0 aromatic rings. The molecule has 2 atom stereocenters. The maximum absolute atomic E-state index is 3.73. The summed E-state index contributed by atoms with van der Waals surface area (Å²) in [6.45, 7) is 12.2. The van der Waals surface area contributed by atoms with Crippen molar-refractivity contribution in [2.24, 2.45) is 5.41 Å². The lowest BCUT2D eigenvalue weighted by molar-refractivity contribution is 0.157. The zero-order chi connectivity index (χ0) is 13.0. The summed E-state index contributed by atoms with van der Waals surface area (Å²) in [5.74, 6) is 1.33. The Balaban J connectivity index is 1.79. The summed E-state index contributed by atoms with van der Waals surface area (Å²) < 4.78 is 0. The molecule has 0 bridgehead atoms. The van der Waals surface area contributed by atoms with Gasteiger partial charge >= 0.3 is 0 Å². The van der Waals surface area contributed by atoms with Crippen LogP contribution in [0.5, 0.6) is 0 Å². The Morgan fingerprint density at radius 1 is 1.33 bits per heavy atom. The molecule has 1 aliphatic carbocycles. The molecule has 0 radical (unpaired) electrons. The van der Waals surface area contributed by atoms with E-state index in [1.54, 1.807) is 0 Å². The van der Waals surface area contributed by atoms with Gasteiger partial charge in [0.15, 0.2) is 0 Å². The Hall–Kier alpha value is 0.270. The van der Waals surface area contributed by atoms with Crippen LogP contribution in [0.15, 0.2) is 0 Å². The molecule has 1 N–H and O–H groups in total. The smallest absolute Gasteiger partial charge is 0.0172 e. The number of nitrogens with one attached hydrogen (secondary N) is 1. The predicted octanol–water partition coefficient (Wildman–Crippen LogP) is 2.98. The quantitative estimate of drug-likeness (QED) is 0.765. The molecule has 1 saturated carbocycles. The lowest BCUT2D eigenvalue weighted by Crippen LogP contribution is -2.47. The number of hydrogen-bond acceptors (Lipinski definition) is 3. The molecule has 0 aromatic carbocycles. The van der Waals surface area contributed by atoms with Crippen LogP contribution in [0.25, 0.3) is 0 Å². The van der Waals surface area contributed by atoms with Gasteiger partial charge in [0.05, 0.1) is 0 Å². The van der Waals surface area contributed by atoms with E-state index in [0.717, 1.165) is 11.3 Å². The van der Waals surface area contributed by atoms with Crippen LogP contribution in [0.4, 0.5) is 0 Å². The summed E-state index contributed by atoms with van der Waals surface area (Å²) in [5.41, 5.74) is 0.461. The molecule has 1 aliphatic heterocycles. The molecule has 1 heterocycles. The van der Waals surface area contributed by atoms with Crippen molar-refractivity contribution in [3.63, 3.8) is 0 Å². The number of nitrogens with zero attached hydrogens (tertiary/aromatic N) is 1. The monoisotopic (exact) mass is 270 g/mol. The van der Waals surface area contributed by atoms with Crippen LogP contribution in [0, 0.1) is 5.41 Å². The molecular weight excluding hydrogens is 240 g/mol. The van der Waals surface area contributed by atoms with Gasteiger partial charge in [0.1, 0.15) is 0 Å². The van der Waals surface area contributed by atoms with Crippen molar-refractivity contribution in [3.05, 3.63) is 0 Å². The highest BCUT2D eigenvalue weighted by molar-refractivity contribution is 8.00. The van der Waals surface area contributed by atoms with Crippen molar-refractivity contribution in [3.8, 4) is 0 Å². The van der Waals surface area contributed by atoms with Gasteiger partial charge in [-0.25, -0.2) is 0 Å². The Bertz CT molecular complexity index is 255. The molecule has 0 spiro atoms. The minimum Gasteiger partial charge on any atom is -0.313 e. The van der Waals surface area contributed by atoms with E-state index in [9.17, 15) is 0 Å². The van der Waals surface area contributed by atoms with E-state index in [4.69, 9.17) is 0 Å². The SMILES string of the molecule is CCC1CN(CC(C)(CC)CNC2CC2)CCS1. The Morgan fingerprint density at radius 3 is 2.72 bits per heavy atom. The van der Waals surface area contributed by atoms with Crippen LogP contribution in [-0.4, -0.2) is 48.1 Å². The van der Waals surface area contributed by atoms with Gasteiger partial charge in [-0.05, 0) is 31.1 Å². The molecule has 106 valence electrons. The van der Waals surface area contributed by atoms with Gasteiger partial charge in [0.25, 0.3) is 0 Å². The van der Waals surface area contributed by atoms with Gasteiger partial charge in [-0.2, -0.15) is 11.8 Å². The normalized spacial score (nSPS) is 29.2. The average Bonchev–Trinajstić information content (AvgIpc) is 3.21. The summed E-state index contributed by atoms with van der Waals surface area (Å²) in [5, 5.41) is 4.60. The minimum absolute atomic E-state index is 0.461. The van der Waals surface area contributed by atoms with Crippen molar-refractivity contribution >= 4 is 11.8 Å². The first-order chi connectivity index (χ1) is 8.65. The number of hydrogen-bond donors (Lipinski definition) is 1. The van der Waals surface area contributed by atoms with Crippen LogP contribution in [-0.2, 0) is 0 Å². The molecule has 0 amide bonds. The van der Waals surface area contributed by atoms with E-state index in [-0.39, 0.29) is 0 Å². The Morgan fingerprint density at radius 2 is 2.11 bits per heavy atom. The van der Waals surface area contributed by atoms with Crippen LogP contribution >= 0.6 is 11.8 Å². The Labute approximate surface area is 117 Å². The first-order valence-corrected chi connectivity index (χ1v) is 8.77. The topological polar surface area (TPSA) is 15.3 Å². The van der Waals surface area contributed by atoms with Gasteiger partial charge in [-0.15, -0.1) is 0 Å². The lowest BCUT2D eigenvalue weighted by atomic mass is 9.86. The van der Waals surface area contributed by atoms with E-state index < -0.39 is 0 Å². The zero-order valence-corrected chi connectivity index (χ0v) is 13.2. The molecule has 3 heteroatoms. The average molecular weight is 270 g/mol. The lowest BCUT2D eigenvalue weighted by Gasteiger charge is -2.39. The van der Waals surface area contributed by atoms with Crippen molar-refractivity contribution in [1.29, 1.82) is 0 Å². The highest BCUT2D eigenvalue weighted by Gasteiger charge is 2.30. The van der Waals surface area contributed by atoms with E-state index >= 15 is 0 Å². The third-order valence-corrected chi connectivity index (χ3v) is 5.90. The fraction of sp³-hybridized carbons (Fsp3) is 1.00. The van der Waals surface area contributed by atoms with E-state index in [1.165, 1.54) is 57.6 Å². The second kappa shape index (κ2) is 6.62. The molecule has 2 fully saturated rings. The molecule has 2 nitrogen and oxygen atoms in total. The van der Waals surface area contributed by atoms with E-state index in [0.29, 0.717) is 5.41 Å². The fourth-order valence-corrected chi connectivity index (χ4v) is 3.93. The molecule has 2 aliphatic rings. The highest BCUT2D eigenvalue weighted by Crippen LogP contribution is 2.28. The van der Waals surface area contributed by atoms with Gasteiger partial charge < -0.3 is 10.2 Å². The first kappa shape index (κ1) is 14.7. The molecule has 0 aromatic heterocycles. The fourth-order valence-electron chi connectivity index (χ4n) is 2.68. The molecule has 18 heavy (non-hydrogen) atoms. The number of thioether (sulfide) groups is 1. The van der Waals surface area contributed by atoms with Crippen LogP contribution in [0.2, 0.25) is 0 Å². The summed E-state index contributed by atoms with van der Waals surface area (Å²) >= 11 is 2.17. The number of rotatable bonds is 7. The predicted molar refractivity (Wildman–Crippen MR) is 82.4 cm³/mol. The highest BCUT2D eigenvalue weighted by atomic mass is 32.2. The van der Waals surface area contributed by atoms with Gasteiger partial charge in [-0.1, -0.05) is 20.8 Å². The summed E-state index contributed by atoms with van der Waals surface area (Å²) in [6.07, 6.45) is 5.41. The summed E-state index contributed by atoms with van der Waals surface area (Å²) in [6, 6.07) is 0.844. The van der Waals surface area contributed by atoms with Crippen molar-refractivity contribution in [1.82, 2.24) is 10.2 Å². The standard InChI is InChI=1S/C15H30N2S/c1-4-14-10-17(8-9-18-14)12-15(3,5-2)11-16-13-6-7-13/h13-14,16H,4-12H2,1-3H3. The van der Waals surface area contributed by atoms with E-state index in [2.05, 4.69) is 42.7 Å². The van der Waals surface area contributed by atoms with Crippen LogP contribution < -0.4 is 5.32 Å². The van der Waals surface area contributed by atoms with Crippen LogP contribution in [0.3, 0.4) is 0 Å². The van der Waals surface area contributed by atoms with Crippen molar-refractivity contribution in [2.45, 2.75) is 57.7 Å². The van der Waals surface area contributed by atoms with Gasteiger partial charge in [0.2, 0.25) is 0 Å². The summed E-state index contributed by atoms with van der Waals surface area (Å²) in [4.78, 5) is 2.71. The first-order valence-electron chi connectivity index (χ1n) is 7.72. The second-order valence-corrected chi connectivity index (χ2v) is 7.86. The molecule has 2 rings (SSSR count). The Kier molecular flexibility index (Phi) is 5.40. The zero-order valence-electron chi connectivity index (χ0n) is 12.4. The molecular formula is C15H30N2S. The third kappa shape index (κ3) is 4.43.